The molecule has 0 spiro atoms. The molecule has 0 radical (unpaired) electrons. The molecule has 0 saturated carbocycles. The summed E-state index contributed by atoms with van der Waals surface area (Å²) in [6.07, 6.45) is 2.74. The normalized spacial score (nSPS) is 10.9. The standard InChI is InChI=1S/C23H20N2/c1-2-16-25-22-11-7-6-10-21(22)24-23(25)17-18-12-14-20(15-13-18)19-8-4-3-5-9-19/h2-15H,1,16-17H2. The molecule has 0 bridgehead atoms. The smallest absolute Gasteiger partial charge is 0.114 e. The topological polar surface area (TPSA) is 17.8 Å². The molecule has 122 valence electrons. The Labute approximate surface area is 148 Å². The van der Waals surface area contributed by atoms with Gasteiger partial charge in [-0.05, 0) is 28.8 Å². The van der Waals surface area contributed by atoms with Crippen molar-refractivity contribution < 1.29 is 0 Å². The number of imidazole rings is 1. The minimum atomic E-state index is 0.776. The van der Waals surface area contributed by atoms with E-state index in [9.17, 15) is 0 Å². The van der Waals surface area contributed by atoms with Crippen molar-refractivity contribution in [3.05, 3.63) is 103 Å². The Balaban J connectivity index is 1.65. The van der Waals surface area contributed by atoms with Crippen LogP contribution in [0.5, 0.6) is 0 Å². The Morgan fingerprint density at radius 2 is 1.48 bits per heavy atom. The molecule has 0 saturated heterocycles. The zero-order valence-corrected chi connectivity index (χ0v) is 14.1. The maximum Gasteiger partial charge on any atom is 0.114 e. The highest BCUT2D eigenvalue weighted by atomic mass is 15.1. The number of para-hydroxylation sites is 2. The van der Waals surface area contributed by atoms with Crippen molar-refractivity contribution in [2.24, 2.45) is 0 Å². The quantitative estimate of drug-likeness (QED) is 0.444. The number of aromatic nitrogens is 2. The summed E-state index contributed by atoms with van der Waals surface area (Å²) in [5.41, 5.74) is 5.95. The van der Waals surface area contributed by atoms with Crippen LogP contribution in [0.3, 0.4) is 0 Å². The lowest BCUT2D eigenvalue weighted by Gasteiger charge is -2.08. The number of fused-ring (bicyclic) bond motifs is 1. The largest absolute Gasteiger partial charge is 0.324 e. The van der Waals surface area contributed by atoms with Crippen molar-refractivity contribution in [2.75, 3.05) is 0 Å². The van der Waals surface area contributed by atoms with Gasteiger partial charge in [0.05, 0.1) is 11.0 Å². The van der Waals surface area contributed by atoms with Gasteiger partial charge < -0.3 is 4.57 Å². The molecule has 0 aliphatic carbocycles. The van der Waals surface area contributed by atoms with Gasteiger partial charge in [-0.2, -0.15) is 0 Å². The van der Waals surface area contributed by atoms with E-state index < -0.39 is 0 Å². The van der Waals surface area contributed by atoms with E-state index in [0.717, 1.165) is 24.3 Å². The molecule has 4 aromatic rings. The van der Waals surface area contributed by atoms with Crippen LogP contribution in [0.25, 0.3) is 22.2 Å². The minimum Gasteiger partial charge on any atom is -0.324 e. The summed E-state index contributed by atoms with van der Waals surface area (Å²) in [6, 6.07) is 27.5. The van der Waals surface area contributed by atoms with Crippen molar-refractivity contribution in [3.8, 4) is 11.1 Å². The zero-order valence-electron chi connectivity index (χ0n) is 14.1. The van der Waals surface area contributed by atoms with Gasteiger partial charge in [0.25, 0.3) is 0 Å². The van der Waals surface area contributed by atoms with E-state index in [-0.39, 0.29) is 0 Å². The molecule has 0 atom stereocenters. The molecular weight excluding hydrogens is 304 g/mol. The van der Waals surface area contributed by atoms with Gasteiger partial charge in [-0.1, -0.05) is 72.8 Å². The lowest BCUT2D eigenvalue weighted by molar-refractivity contribution is 0.780. The van der Waals surface area contributed by atoms with Gasteiger partial charge in [0.2, 0.25) is 0 Å². The lowest BCUT2D eigenvalue weighted by Crippen LogP contribution is -2.03. The van der Waals surface area contributed by atoms with Gasteiger partial charge in [0.15, 0.2) is 0 Å². The van der Waals surface area contributed by atoms with Crippen molar-refractivity contribution in [1.82, 2.24) is 9.55 Å². The lowest BCUT2D eigenvalue weighted by atomic mass is 10.0. The summed E-state index contributed by atoms with van der Waals surface area (Å²) in [5, 5.41) is 0. The Bertz CT molecular complexity index is 995. The average molecular weight is 324 g/mol. The maximum absolute atomic E-state index is 4.82. The number of nitrogens with zero attached hydrogens (tertiary/aromatic N) is 2. The van der Waals surface area contributed by atoms with Gasteiger partial charge in [0.1, 0.15) is 5.82 Å². The van der Waals surface area contributed by atoms with E-state index in [1.807, 2.05) is 18.2 Å². The Morgan fingerprint density at radius 1 is 0.800 bits per heavy atom. The van der Waals surface area contributed by atoms with Crippen molar-refractivity contribution in [1.29, 1.82) is 0 Å². The highest BCUT2D eigenvalue weighted by molar-refractivity contribution is 5.76. The summed E-state index contributed by atoms with van der Waals surface area (Å²) in [5.74, 6) is 1.08. The van der Waals surface area contributed by atoms with Gasteiger partial charge in [-0.3, -0.25) is 0 Å². The first-order valence-electron chi connectivity index (χ1n) is 8.54. The molecule has 3 aromatic carbocycles. The highest BCUT2D eigenvalue weighted by Gasteiger charge is 2.10. The third-order valence-corrected chi connectivity index (χ3v) is 4.47. The van der Waals surface area contributed by atoms with E-state index in [1.165, 1.54) is 22.2 Å². The van der Waals surface area contributed by atoms with Gasteiger partial charge >= 0.3 is 0 Å². The Kier molecular flexibility index (Phi) is 4.17. The van der Waals surface area contributed by atoms with Crippen LogP contribution >= 0.6 is 0 Å². The number of hydrogen-bond donors (Lipinski definition) is 0. The predicted octanol–water partition coefficient (Wildman–Crippen LogP) is 5.48. The molecule has 0 unspecified atom stereocenters. The molecule has 0 N–H and O–H groups in total. The average Bonchev–Trinajstić information content (AvgIpc) is 3.01. The molecule has 25 heavy (non-hydrogen) atoms. The molecule has 0 aliphatic rings. The number of hydrogen-bond acceptors (Lipinski definition) is 1. The molecule has 0 amide bonds. The van der Waals surface area contributed by atoms with Gasteiger partial charge in [-0.15, -0.1) is 6.58 Å². The Morgan fingerprint density at radius 3 is 2.24 bits per heavy atom. The van der Waals surface area contributed by atoms with E-state index in [1.54, 1.807) is 0 Å². The Hall–Kier alpha value is -3.13. The fourth-order valence-corrected chi connectivity index (χ4v) is 3.22. The minimum absolute atomic E-state index is 0.776. The van der Waals surface area contributed by atoms with E-state index in [0.29, 0.717) is 0 Å². The van der Waals surface area contributed by atoms with Gasteiger partial charge in [-0.25, -0.2) is 4.98 Å². The third kappa shape index (κ3) is 3.11. The molecule has 2 heteroatoms. The molecule has 0 aliphatic heterocycles. The van der Waals surface area contributed by atoms with Crippen LogP contribution in [0.15, 0.2) is 91.5 Å². The van der Waals surface area contributed by atoms with Crippen LogP contribution in [0.2, 0.25) is 0 Å². The molecule has 0 fully saturated rings. The molecule has 4 rings (SSSR count). The monoisotopic (exact) mass is 324 g/mol. The van der Waals surface area contributed by atoms with E-state index in [2.05, 4.69) is 77.9 Å². The second-order valence-electron chi connectivity index (χ2n) is 6.16. The summed E-state index contributed by atoms with van der Waals surface area (Å²) in [4.78, 5) is 4.82. The van der Waals surface area contributed by atoms with Crippen molar-refractivity contribution in [2.45, 2.75) is 13.0 Å². The number of allylic oxidation sites excluding steroid dienone is 1. The van der Waals surface area contributed by atoms with Crippen LogP contribution in [0, 0.1) is 0 Å². The predicted molar refractivity (Wildman–Crippen MR) is 105 cm³/mol. The first kappa shape index (κ1) is 15.4. The summed E-state index contributed by atoms with van der Waals surface area (Å²) in [6.45, 7) is 4.66. The summed E-state index contributed by atoms with van der Waals surface area (Å²) < 4.78 is 2.24. The van der Waals surface area contributed by atoms with E-state index >= 15 is 0 Å². The van der Waals surface area contributed by atoms with Crippen LogP contribution in [-0.2, 0) is 13.0 Å². The van der Waals surface area contributed by atoms with Crippen LogP contribution in [0.4, 0.5) is 0 Å². The highest BCUT2D eigenvalue weighted by Crippen LogP contribution is 2.22. The number of benzene rings is 3. The number of rotatable bonds is 5. The van der Waals surface area contributed by atoms with Gasteiger partial charge in [0, 0.05) is 13.0 Å². The first-order valence-corrected chi connectivity index (χ1v) is 8.54. The molecular formula is C23H20N2. The van der Waals surface area contributed by atoms with Crippen molar-refractivity contribution in [3.63, 3.8) is 0 Å². The van der Waals surface area contributed by atoms with Crippen LogP contribution < -0.4 is 0 Å². The molecule has 1 heterocycles. The molecule has 2 nitrogen and oxygen atoms in total. The second kappa shape index (κ2) is 6.78. The SMILES string of the molecule is C=CCn1c(Cc2ccc(-c3ccccc3)cc2)nc2ccccc21. The maximum atomic E-state index is 4.82. The van der Waals surface area contributed by atoms with E-state index in [4.69, 9.17) is 4.98 Å². The summed E-state index contributed by atoms with van der Waals surface area (Å²) in [7, 11) is 0. The van der Waals surface area contributed by atoms with Crippen molar-refractivity contribution >= 4 is 11.0 Å². The fraction of sp³-hybridized carbons (Fsp3) is 0.0870. The molecule has 1 aromatic heterocycles. The zero-order chi connectivity index (χ0) is 17.1. The third-order valence-electron chi connectivity index (χ3n) is 4.47. The van der Waals surface area contributed by atoms with Crippen LogP contribution in [0.1, 0.15) is 11.4 Å². The first-order chi connectivity index (χ1) is 12.3. The van der Waals surface area contributed by atoms with Crippen LogP contribution in [-0.4, -0.2) is 9.55 Å². The second-order valence-corrected chi connectivity index (χ2v) is 6.16. The fourth-order valence-electron chi connectivity index (χ4n) is 3.22. The summed E-state index contributed by atoms with van der Waals surface area (Å²) >= 11 is 0.